The number of hydrogen-bond donors (Lipinski definition) is 2. The normalized spacial score (nSPS) is 16.5. The van der Waals surface area contributed by atoms with Gasteiger partial charge in [0.2, 0.25) is 22.1 Å². The number of rotatable bonds is 8. The fourth-order valence-electron chi connectivity index (χ4n) is 4.05. The van der Waals surface area contributed by atoms with Crippen LogP contribution in [0.4, 0.5) is 5.69 Å². The largest absolute Gasteiger partial charge is 0.325 e. The molecule has 2 atom stereocenters. The molecule has 2 amide bonds. The van der Waals surface area contributed by atoms with Crippen LogP contribution in [0.15, 0.2) is 89.9 Å². The van der Waals surface area contributed by atoms with E-state index in [4.69, 9.17) is 4.99 Å². The van der Waals surface area contributed by atoms with Crippen LogP contribution in [-0.4, -0.2) is 50.4 Å². The first-order valence-corrected chi connectivity index (χ1v) is 13.6. The Hall–Kier alpha value is -3.82. The van der Waals surface area contributed by atoms with Crippen molar-refractivity contribution in [2.24, 2.45) is 4.99 Å². The highest BCUT2D eigenvalue weighted by molar-refractivity contribution is 7.90. The number of likely N-dealkylation sites (N-methyl/N-ethyl adjacent to an activating group) is 1. The molecule has 0 spiro atoms. The summed E-state index contributed by atoms with van der Waals surface area (Å²) < 4.78 is 27.9. The Balaban J connectivity index is 1.71. The van der Waals surface area contributed by atoms with E-state index in [-0.39, 0.29) is 6.42 Å². The minimum atomic E-state index is -3.77. The second kappa shape index (κ2) is 11.1. The lowest BCUT2D eigenvalue weighted by molar-refractivity contribution is -0.128. The number of benzene rings is 3. The summed E-state index contributed by atoms with van der Waals surface area (Å²) >= 11 is 0. The van der Waals surface area contributed by atoms with Crippen molar-refractivity contribution in [3.05, 3.63) is 102 Å². The van der Waals surface area contributed by atoms with E-state index in [1.807, 2.05) is 84.9 Å². The zero-order valence-electron chi connectivity index (χ0n) is 21.0. The lowest BCUT2D eigenvalue weighted by Gasteiger charge is -2.24. The van der Waals surface area contributed by atoms with Gasteiger partial charge >= 0.3 is 0 Å². The predicted molar refractivity (Wildman–Crippen MR) is 145 cm³/mol. The molecule has 1 aliphatic rings. The van der Waals surface area contributed by atoms with E-state index >= 15 is 0 Å². The van der Waals surface area contributed by atoms with Gasteiger partial charge < -0.3 is 10.2 Å². The second-order valence-corrected chi connectivity index (χ2v) is 11.4. The minimum Gasteiger partial charge on any atom is -0.325 e. The summed E-state index contributed by atoms with van der Waals surface area (Å²) in [6, 6.07) is 24.8. The molecule has 4 rings (SSSR count). The summed E-state index contributed by atoms with van der Waals surface area (Å²) in [4.78, 5) is 33.1. The number of para-hydroxylation sites is 1. The maximum absolute atomic E-state index is 13.5. The zero-order chi connectivity index (χ0) is 26.6. The molecule has 1 heterocycles. The number of aliphatic imine (C=N–C) groups is 1. The molecular formula is C28H30N4O4S. The summed E-state index contributed by atoms with van der Waals surface area (Å²) in [7, 11) is -2.14. The van der Waals surface area contributed by atoms with Crippen LogP contribution in [0.3, 0.4) is 0 Å². The number of nitrogens with zero attached hydrogens (tertiary/aromatic N) is 2. The molecular weight excluding hydrogens is 488 g/mol. The van der Waals surface area contributed by atoms with Gasteiger partial charge in [0, 0.05) is 18.2 Å². The molecule has 0 saturated heterocycles. The first-order valence-electron chi connectivity index (χ1n) is 12.0. The van der Waals surface area contributed by atoms with Gasteiger partial charge in [0.1, 0.15) is 6.04 Å². The van der Waals surface area contributed by atoms with Gasteiger partial charge in [-0.25, -0.2) is 18.1 Å². The lowest BCUT2D eigenvalue weighted by Crippen LogP contribution is -2.54. The third kappa shape index (κ3) is 5.95. The molecule has 3 aromatic rings. The van der Waals surface area contributed by atoms with E-state index in [1.165, 1.54) is 18.7 Å². The molecule has 9 heteroatoms. The van der Waals surface area contributed by atoms with Crippen LogP contribution < -0.4 is 14.9 Å². The third-order valence-corrected chi connectivity index (χ3v) is 8.05. The number of nitrogens with one attached hydrogen (secondary N) is 2. The maximum Gasteiger partial charge on any atom is 0.272 e. The molecule has 8 nitrogen and oxygen atoms in total. The molecule has 0 aromatic heterocycles. The van der Waals surface area contributed by atoms with Crippen molar-refractivity contribution >= 4 is 33.2 Å². The average molecular weight is 519 g/mol. The van der Waals surface area contributed by atoms with Crippen LogP contribution in [-0.2, 0) is 26.0 Å². The fourth-order valence-corrected chi connectivity index (χ4v) is 4.91. The van der Waals surface area contributed by atoms with Crippen molar-refractivity contribution in [3.63, 3.8) is 0 Å². The maximum atomic E-state index is 13.5. The van der Waals surface area contributed by atoms with Gasteiger partial charge in [-0.3, -0.25) is 9.59 Å². The van der Waals surface area contributed by atoms with Crippen molar-refractivity contribution in [2.45, 2.75) is 37.7 Å². The van der Waals surface area contributed by atoms with Crippen LogP contribution in [0.5, 0.6) is 0 Å². The van der Waals surface area contributed by atoms with E-state index in [1.54, 1.807) is 7.05 Å². The van der Waals surface area contributed by atoms with E-state index in [9.17, 15) is 18.0 Å². The van der Waals surface area contributed by atoms with Gasteiger partial charge in [-0.1, -0.05) is 78.9 Å². The minimum absolute atomic E-state index is 0.116. The molecule has 1 aliphatic heterocycles. The molecule has 192 valence electrons. The monoisotopic (exact) mass is 518 g/mol. The Bertz CT molecular complexity index is 1410. The molecule has 0 saturated carbocycles. The van der Waals surface area contributed by atoms with E-state index < -0.39 is 39.3 Å². The van der Waals surface area contributed by atoms with Crippen LogP contribution in [0.1, 0.15) is 30.5 Å². The molecule has 2 unspecified atom stereocenters. The Kier molecular flexibility index (Phi) is 7.85. The zero-order valence-corrected chi connectivity index (χ0v) is 21.8. The number of hydrogen-bond acceptors (Lipinski definition) is 5. The number of carbonyl (C=O) groups excluding carboxylic acids is 2. The van der Waals surface area contributed by atoms with Gasteiger partial charge in [0.25, 0.3) is 5.91 Å². The molecule has 37 heavy (non-hydrogen) atoms. The van der Waals surface area contributed by atoms with E-state index in [0.717, 1.165) is 16.7 Å². The first-order chi connectivity index (χ1) is 17.7. The molecule has 0 bridgehead atoms. The highest BCUT2D eigenvalue weighted by Gasteiger charge is 2.34. The smallest absolute Gasteiger partial charge is 0.272 e. The number of anilines is 1. The van der Waals surface area contributed by atoms with Gasteiger partial charge in [0.05, 0.1) is 16.6 Å². The average Bonchev–Trinajstić information content (AvgIpc) is 3.00. The Labute approximate surface area is 217 Å². The first kappa shape index (κ1) is 26.2. The number of amides is 2. The Morgan fingerprint density at radius 2 is 1.54 bits per heavy atom. The van der Waals surface area contributed by atoms with E-state index in [0.29, 0.717) is 11.4 Å². The van der Waals surface area contributed by atoms with Crippen LogP contribution in [0.2, 0.25) is 0 Å². The van der Waals surface area contributed by atoms with Crippen molar-refractivity contribution in [1.29, 1.82) is 0 Å². The molecule has 0 radical (unpaired) electrons. The lowest BCUT2D eigenvalue weighted by atomic mass is 10.0. The molecule has 2 N–H and O–H groups in total. The summed E-state index contributed by atoms with van der Waals surface area (Å²) in [6.45, 7) is 3.08. The summed E-state index contributed by atoms with van der Waals surface area (Å²) in [5, 5.41) is 1.98. The van der Waals surface area contributed by atoms with Crippen LogP contribution in [0, 0.1) is 0 Å². The molecule has 0 fully saturated rings. The van der Waals surface area contributed by atoms with Crippen molar-refractivity contribution in [2.75, 3.05) is 11.9 Å². The van der Waals surface area contributed by atoms with Crippen molar-refractivity contribution < 1.29 is 18.0 Å². The summed E-state index contributed by atoms with van der Waals surface area (Å²) in [5.41, 5.74) is 3.54. The quantitative estimate of drug-likeness (QED) is 0.478. The standard InChI is InChI=1S/C28H30N4O4S/c1-19(2)37(35,36)31-23(18-20-12-6-4-7-13-20)27(33)30-26-28(34)32(3)24-17-11-10-16-22(24)25(29-26)21-14-8-5-9-15-21/h4-17,19,23,26,31H,18H2,1-3H3,(H,30,33). The van der Waals surface area contributed by atoms with Gasteiger partial charge in [-0.2, -0.15) is 0 Å². The van der Waals surface area contributed by atoms with Gasteiger partial charge in [0.15, 0.2) is 0 Å². The van der Waals surface area contributed by atoms with E-state index in [2.05, 4.69) is 10.0 Å². The fraction of sp³-hybridized carbons (Fsp3) is 0.250. The Morgan fingerprint density at radius 1 is 0.946 bits per heavy atom. The van der Waals surface area contributed by atoms with Gasteiger partial charge in [-0.05, 0) is 31.9 Å². The van der Waals surface area contributed by atoms with Crippen LogP contribution in [0.25, 0.3) is 0 Å². The van der Waals surface area contributed by atoms with Crippen LogP contribution >= 0.6 is 0 Å². The highest BCUT2D eigenvalue weighted by Crippen LogP contribution is 2.27. The molecule has 3 aromatic carbocycles. The summed E-state index contributed by atoms with van der Waals surface area (Å²) in [5.74, 6) is -1.07. The number of fused-ring (bicyclic) bond motifs is 1. The number of sulfonamides is 1. The highest BCUT2D eigenvalue weighted by atomic mass is 32.2. The SMILES string of the molecule is CC(C)S(=O)(=O)NC(Cc1ccccc1)C(=O)NC1N=C(c2ccccc2)c2ccccc2N(C)C1=O. The van der Waals surface area contributed by atoms with Crippen molar-refractivity contribution in [1.82, 2.24) is 10.0 Å². The second-order valence-electron chi connectivity index (χ2n) is 9.12. The molecule has 0 aliphatic carbocycles. The van der Waals surface area contributed by atoms with Gasteiger partial charge in [-0.15, -0.1) is 0 Å². The predicted octanol–water partition coefficient (Wildman–Crippen LogP) is 2.88. The topological polar surface area (TPSA) is 108 Å². The Morgan fingerprint density at radius 3 is 2.19 bits per heavy atom. The third-order valence-electron chi connectivity index (χ3n) is 6.20. The summed E-state index contributed by atoms with van der Waals surface area (Å²) in [6.07, 6.45) is -1.13. The number of carbonyl (C=O) groups is 2. The van der Waals surface area contributed by atoms with Crippen molar-refractivity contribution in [3.8, 4) is 0 Å². The number of benzodiazepines with no additional fused rings is 1.